The van der Waals surface area contributed by atoms with E-state index in [9.17, 15) is 14.4 Å². The molecule has 0 spiro atoms. The third kappa shape index (κ3) is 3.47. The summed E-state index contributed by atoms with van der Waals surface area (Å²) in [4.78, 5) is 38.6. The van der Waals surface area contributed by atoms with Crippen molar-refractivity contribution in [3.05, 3.63) is 24.5 Å². The maximum absolute atomic E-state index is 11.8. The van der Waals surface area contributed by atoms with Crippen LogP contribution in [0.5, 0.6) is 0 Å². The molecule has 2 heterocycles. The summed E-state index contributed by atoms with van der Waals surface area (Å²) >= 11 is 0. The van der Waals surface area contributed by atoms with E-state index in [1.165, 1.54) is 13.1 Å². The molecule has 21 heavy (non-hydrogen) atoms. The smallest absolute Gasteiger partial charge is 0.333 e. The first-order chi connectivity index (χ1) is 9.99. The summed E-state index contributed by atoms with van der Waals surface area (Å²) in [5.41, 5.74) is 0.264. The molecule has 8 nitrogen and oxygen atoms in total. The first kappa shape index (κ1) is 14.8. The number of fused-ring (bicyclic) bond motifs is 1. The first-order valence-corrected chi connectivity index (χ1v) is 6.30. The quantitative estimate of drug-likeness (QED) is 0.358. The van der Waals surface area contributed by atoms with Crippen LogP contribution in [0, 0.1) is 5.92 Å². The molecule has 1 aliphatic rings. The zero-order valence-electron chi connectivity index (χ0n) is 11.5. The zero-order chi connectivity index (χ0) is 15.4. The van der Waals surface area contributed by atoms with E-state index in [2.05, 4.69) is 16.9 Å². The lowest BCUT2D eigenvalue weighted by Gasteiger charge is -2.22. The molecule has 1 aromatic heterocycles. The summed E-state index contributed by atoms with van der Waals surface area (Å²) in [5, 5.41) is 2.51. The van der Waals surface area contributed by atoms with Gasteiger partial charge in [-0.2, -0.15) is 0 Å². The Kier molecular flexibility index (Phi) is 4.36. The number of anilines is 1. The number of imidazole rings is 1. The molecule has 0 aromatic carbocycles. The second-order valence-corrected chi connectivity index (χ2v) is 4.53. The van der Waals surface area contributed by atoms with Crippen molar-refractivity contribution in [1.29, 1.82) is 0 Å². The molecule has 1 amide bonds. The van der Waals surface area contributed by atoms with E-state index < -0.39 is 23.8 Å². The van der Waals surface area contributed by atoms with Crippen LogP contribution in [0.3, 0.4) is 0 Å². The number of rotatable bonds is 5. The first-order valence-electron chi connectivity index (χ1n) is 6.30. The van der Waals surface area contributed by atoms with Crippen LogP contribution < -0.4 is 5.32 Å². The van der Waals surface area contributed by atoms with Crippen molar-refractivity contribution in [3.8, 4) is 0 Å². The van der Waals surface area contributed by atoms with E-state index in [1.54, 1.807) is 10.8 Å². The van der Waals surface area contributed by atoms with Crippen LogP contribution in [-0.2, 0) is 30.4 Å². The minimum Gasteiger partial charge on any atom is -0.461 e. The van der Waals surface area contributed by atoms with Crippen LogP contribution in [0.2, 0.25) is 0 Å². The molecule has 8 heteroatoms. The second-order valence-electron chi connectivity index (χ2n) is 4.53. The van der Waals surface area contributed by atoms with Crippen molar-refractivity contribution < 1.29 is 23.9 Å². The third-order valence-corrected chi connectivity index (χ3v) is 2.84. The lowest BCUT2D eigenvalue weighted by Crippen LogP contribution is -2.39. The summed E-state index contributed by atoms with van der Waals surface area (Å²) in [6, 6.07) is 0. The fourth-order valence-electron chi connectivity index (χ4n) is 1.74. The summed E-state index contributed by atoms with van der Waals surface area (Å²) in [6.07, 6.45) is 3.18. The van der Waals surface area contributed by atoms with Gasteiger partial charge < -0.3 is 14.0 Å². The Morgan fingerprint density at radius 3 is 2.90 bits per heavy atom. The van der Waals surface area contributed by atoms with Gasteiger partial charge in [0.1, 0.15) is 13.2 Å². The average molecular weight is 293 g/mol. The fraction of sp³-hybridized carbons (Fsp3) is 0.385. The molecule has 0 saturated heterocycles. The molecule has 1 aliphatic heterocycles. The highest BCUT2D eigenvalue weighted by molar-refractivity contribution is 6.05. The molecular formula is C13H15N3O5. The van der Waals surface area contributed by atoms with Gasteiger partial charge >= 0.3 is 11.9 Å². The van der Waals surface area contributed by atoms with E-state index in [-0.39, 0.29) is 25.3 Å². The maximum Gasteiger partial charge on any atom is 0.333 e. The Balaban J connectivity index is 1.80. The predicted molar refractivity (Wildman–Crippen MR) is 71.1 cm³/mol. The number of carbonyl (C=O) groups excluding carboxylic acids is 3. The molecule has 1 atom stereocenters. The van der Waals surface area contributed by atoms with E-state index >= 15 is 0 Å². The molecule has 1 N–H and O–H groups in total. The van der Waals surface area contributed by atoms with Crippen LogP contribution in [0.1, 0.15) is 6.92 Å². The van der Waals surface area contributed by atoms with Crippen molar-refractivity contribution in [3.63, 3.8) is 0 Å². The van der Waals surface area contributed by atoms with E-state index in [4.69, 9.17) is 9.47 Å². The van der Waals surface area contributed by atoms with Gasteiger partial charge in [0.25, 0.3) is 0 Å². The molecule has 1 aromatic rings. The lowest BCUT2D eigenvalue weighted by molar-refractivity contribution is -0.156. The highest BCUT2D eigenvalue weighted by Gasteiger charge is 2.33. The number of ether oxygens (including phenoxy) is 2. The van der Waals surface area contributed by atoms with E-state index in [0.29, 0.717) is 5.95 Å². The zero-order valence-corrected chi connectivity index (χ0v) is 11.5. The summed E-state index contributed by atoms with van der Waals surface area (Å²) in [5.74, 6) is -2.22. The van der Waals surface area contributed by atoms with E-state index in [1.807, 2.05) is 0 Å². The minimum absolute atomic E-state index is 0.0813. The molecular weight excluding hydrogens is 278 g/mol. The van der Waals surface area contributed by atoms with Crippen LogP contribution in [0.15, 0.2) is 24.5 Å². The van der Waals surface area contributed by atoms with Crippen molar-refractivity contribution in [2.24, 2.45) is 5.92 Å². The average Bonchev–Trinajstić information content (AvgIpc) is 2.88. The summed E-state index contributed by atoms with van der Waals surface area (Å²) in [6.45, 7) is 4.92. The van der Waals surface area contributed by atoms with Crippen molar-refractivity contribution >= 4 is 23.8 Å². The molecule has 1 unspecified atom stereocenters. The monoisotopic (exact) mass is 293 g/mol. The van der Waals surface area contributed by atoms with Crippen LogP contribution in [-0.4, -0.2) is 40.6 Å². The van der Waals surface area contributed by atoms with Gasteiger partial charge in [0, 0.05) is 24.5 Å². The Morgan fingerprint density at radius 2 is 2.19 bits per heavy atom. The number of nitrogens with zero attached hydrogens (tertiary/aromatic N) is 2. The normalized spacial score (nSPS) is 16.6. The Morgan fingerprint density at radius 1 is 1.48 bits per heavy atom. The highest BCUT2D eigenvalue weighted by Crippen LogP contribution is 2.17. The highest BCUT2D eigenvalue weighted by atomic mass is 16.6. The van der Waals surface area contributed by atoms with Gasteiger partial charge in [-0.05, 0) is 6.92 Å². The second kappa shape index (κ2) is 6.21. The van der Waals surface area contributed by atoms with Crippen LogP contribution >= 0.6 is 0 Å². The lowest BCUT2D eigenvalue weighted by atomic mass is 10.1. The van der Waals surface area contributed by atoms with Gasteiger partial charge in [-0.1, -0.05) is 6.58 Å². The van der Waals surface area contributed by atoms with Crippen molar-refractivity contribution in [2.45, 2.75) is 13.5 Å². The topological polar surface area (TPSA) is 99.5 Å². The Bertz CT molecular complexity index is 592. The SMILES string of the molecule is C=C(C)C(=O)OCCOC(=O)C1Cn2ccnc2NC1=O. The van der Waals surface area contributed by atoms with Gasteiger partial charge in [0.15, 0.2) is 5.92 Å². The largest absolute Gasteiger partial charge is 0.461 e. The molecule has 0 radical (unpaired) electrons. The Labute approximate surface area is 120 Å². The van der Waals surface area contributed by atoms with Crippen LogP contribution in [0.4, 0.5) is 5.95 Å². The summed E-state index contributed by atoms with van der Waals surface area (Å²) < 4.78 is 11.4. The van der Waals surface area contributed by atoms with Gasteiger partial charge in [-0.3, -0.25) is 14.9 Å². The third-order valence-electron chi connectivity index (χ3n) is 2.84. The number of esters is 2. The minimum atomic E-state index is -0.941. The molecule has 2 rings (SSSR count). The van der Waals surface area contributed by atoms with Gasteiger partial charge in [0.05, 0.1) is 0 Å². The molecule has 0 bridgehead atoms. The van der Waals surface area contributed by atoms with Gasteiger partial charge in [0.2, 0.25) is 11.9 Å². The Hall–Kier alpha value is -2.64. The van der Waals surface area contributed by atoms with Crippen molar-refractivity contribution in [2.75, 3.05) is 18.5 Å². The maximum atomic E-state index is 11.8. The van der Waals surface area contributed by atoms with Gasteiger partial charge in [-0.25, -0.2) is 9.78 Å². The van der Waals surface area contributed by atoms with E-state index in [0.717, 1.165) is 0 Å². The van der Waals surface area contributed by atoms with Gasteiger partial charge in [-0.15, -0.1) is 0 Å². The number of hydrogen-bond acceptors (Lipinski definition) is 6. The summed E-state index contributed by atoms with van der Waals surface area (Å²) in [7, 11) is 0. The number of aromatic nitrogens is 2. The molecule has 0 saturated carbocycles. The standard InChI is InChI=1S/C13H15N3O5/c1-8(2)11(18)20-5-6-21-12(19)9-7-16-4-3-14-13(16)15-10(9)17/h3-4,9H,1,5-7H2,2H3,(H,14,15,17). The molecule has 112 valence electrons. The number of amides is 1. The van der Waals surface area contributed by atoms with Crippen LogP contribution in [0.25, 0.3) is 0 Å². The van der Waals surface area contributed by atoms with Crippen molar-refractivity contribution in [1.82, 2.24) is 9.55 Å². The number of carbonyl (C=O) groups is 3. The molecule has 0 aliphatic carbocycles. The number of nitrogens with one attached hydrogen (secondary N) is 1. The fourth-order valence-corrected chi connectivity index (χ4v) is 1.74. The predicted octanol–water partition coefficient (Wildman–Crippen LogP) is 0.114. The number of hydrogen-bond donors (Lipinski definition) is 1. The molecule has 0 fully saturated rings.